The lowest BCUT2D eigenvalue weighted by molar-refractivity contribution is 0.441. The van der Waals surface area contributed by atoms with Gasteiger partial charge >= 0.3 is 0 Å². The number of halogens is 1. The summed E-state index contributed by atoms with van der Waals surface area (Å²) >= 11 is 5.49. The highest BCUT2D eigenvalue weighted by Gasteiger charge is 2.23. The minimum absolute atomic E-state index is 0.244. The van der Waals surface area contributed by atoms with Crippen molar-refractivity contribution in [2.75, 3.05) is 41.3 Å². The quantitative estimate of drug-likeness (QED) is 0.639. The molecule has 0 amide bonds. The number of nitrogens with one attached hydrogen (secondary N) is 2. The van der Waals surface area contributed by atoms with E-state index in [-0.39, 0.29) is 5.82 Å². The van der Waals surface area contributed by atoms with E-state index < -0.39 is 0 Å². The van der Waals surface area contributed by atoms with Gasteiger partial charge in [0.1, 0.15) is 17.5 Å². The Labute approximate surface area is 195 Å². The Morgan fingerprint density at radius 2 is 1.56 bits per heavy atom. The van der Waals surface area contributed by atoms with Gasteiger partial charge in [-0.2, -0.15) is 9.97 Å². The predicted molar refractivity (Wildman–Crippen MR) is 133 cm³/mol. The highest BCUT2D eigenvalue weighted by molar-refractivity contribution is 7.80. The van der Waals surface area contributed by atoms with Gasteiger partial charge < -0.3 is 20.4 Å². The summed E-state index contributed by atoms with van der Waals surface area (Å²) in [5, 5.41) is 6.80. The summed E-state index contributed by atoms with van der Waals surface area (Å²) in [6.07, 6.45) is 4.89. The molecule has 4 rings (SSSR count). The van der Waals surface area contributed by atoms with Crippen LogP contribution in [-0.4, -0.2) is 41.3 Å². The molecule has 2 unspecified atom stereocenters. The van der Waals surface area contributed by atoms with Crippen molar-refractivity contribution < 1.29 is 4.39 Å². The normalized spacial score (nSPS) is 21.3. The number of nitrogens with zero attached hydrogens (tertiary/aromatic N) is 4. The van der Waals surface area contributed by atoms with Gasteiger partial charge in [-0.3, -0.25) is 0 Å². The van der Waals surface area contributed by atoms with Gasteiger partial charge in [0.2, 0.25) is 5.95 Å². The van der Waals surface area contributed by atoms with Gasteiger partial charge in [-0.25, -0.2) is 4.39 Å². The first kappa shape index (κ1) is 22.7. The van der Waals surface area contributed by atoms with E-state index in [0.29, 0.717) is 29.4 Å². The molecule has 6 nitrogen and oxygen atoms in total. The zero-order valence-corrected chi connectivity index (χ0v) is 19.8. The first-order chi connectivity index (χ1) is 15.5. The second-order valence-corrected chi connectivity index (χ2v) is 9.64. The van der Waals surface area contributed by atoms with Crippen LogP contribution in [0.2, 0.25) is 0 Å². The van der Waals surface area contributed by atoms with Gasteiger partial charge in [-0.15, -0.1) is 0 Å². The molecule has 2 aliphatic heterocycles. The molecule has 2 N–H and O–H groups in total. The largest absolute Gasteiger partial charge is 0.358 e. The highest BCUT2D eigenvalue weighted by atomic mass is 32.1. The monoisotopic (exact) mass is 456 g/mol. The summed E-state index contributed by atoms with van der Waals surface area (Å²) in [5.41, 5.74) is 0.954. The van der Waals surface area contributed by atoms with E-state index in [1.165, 1.54) is 37.8 Å². The highest BCUT2D eigenvalue weighted by Crippen LogP contribution is 2.28. The molecule has 1 aromatic carbocycles. The van der Waals surface area contributed by atoms with Crippen molar-refractivity contribution in [3.63, 3.8) is 0 Å². The van der Waals surface area contributed by atoms with Crippen molar-refractivity contribution in [3.05, 3.63) is 41.7 Å². The predicted octanol–water partition coefficient (Wildman–Crippen LogP) is 4.57. The summed E-state index contributed by atoms with van der Waals surface area (Å²) in [5.74, 6) is 3.52. The van der Waals surface area contributed by atoms with E-state index in [2.05, 4.69) is 40.3 Å². The Kier molecular flexibility index (Phi) is 7.40. The van der Waals surface area contributed by atoms with E-state index in [0.717, 1.165) is 43.4 Å². The van der Waals surface area contributed by atoms with Crippen LogP contribution in [0.15, 0.2) is 30.3 Å². The third-order valence-corrected chi connectivity index (χ3v) is 6.50. The van der Waals surface area contributed by atoms with Crippen LogP contribution in [0.25, 0.3) is 0 Å². The SMILES string of the molecule is CC1CCCN(c2cc(N3CCCC(C)C3)nc(NC(=S)NCc3ccc(F)cc3)n2)C1. The lowest BCUT2D eigenvalue weighted by Gasteiger charge is -2.35. The Hall–Kier alpha value is -2.48. The van der Waals surface area contributed by atoms with Crippen LogP contribution in [0.4, 0.5) is 22.0 Å². The average molecular weight is 457 g/mol. The smallest absolute Gasteiger partial charge is 0.232 e. The van der Waals surface area contributed by atoms with Crippen LogP contribution in [-0.2, 0) is 6.54 Å². The number of anilines is 3. The molecular weight excluding hydrogens is 423 g/mol. The molecule has 2 saturated heterocycles. The van der Waals surface area contributed by atoms with Crippen molar-refractivity contribution >= 4 is 34.9 Å². The fourth-order valence-corrected chi connectivity index (χ4v) is 4.69. The molecule has 0 saturated carbocycles. The van der Waals surface area contributed by atoms with Crippen LogP contribution >= 0.6 is 12.2 Å². The van der Waals surface area contributed by atoms with Crippen LogP contribution in [0.5, 0.6) is 0 Å². The van der Waals surface area contributed by atoms with Gasteiger partial charge in [0, 0.05) is 38.8 Å². The number of piperidine rings is 2. The molecule has 2 aliphatic rings. The maximum absolute atomic E-state index is 13.1. The lowest BCUT2D eigenvalue weighted by Crippen LogP contribution is -2.37. The van der Waals surface area contributed by atoms with Gasteiger partial charge in [-0.05, 0) is 67.4 Å². The molecule has 172 valence electrons. The number of aromatic nitrogens is 2. The standard InChI is InChI=1S/C24H33FN6S/c1-17-5-3-11-30(15-17)21-13-22(31-12-4-6-18(2)16-31)28-23(27-21)29-24(32)26-14-19-7-9-20(25)10-8-19/h7-10,13,17-18H,3-6,11-12,14-16H2,1-2H3,(H2,26,27,28,29,32). The molecule has 2 fully saturated rings. The number of rotatable bonds is 5. The molecule has 0 radical (unpaired) electrons. The molecule has 3 heterocycles. The first-order valence-electron chi connectivity index (χ1n) is 11.6. The van der Waals surface area contributed by atoms with E-state index in [4.69, 9.17) is 22.2 Å². The minimum atomic E-state index is -0.244. The number of thiocarbonyl (C=S) groups is 1. The summed E-state index contributed by atoms with van der Waals surface area (Å²) in [4.78, 5) is 14.4. The summed E-state index contributed by atoms with van der Waals surface area (Å²) in [7, 11) is 0. The summed E-state index contributed by atoms with van der Waals surface area (Å²) in [6.45, 7) is 9.17. The van der Waals surface area contributed by atoms with E-state index in [1.807, 2.05) is 0 Å². The maximum Gasteiger partial charge on any atom is 0.232 e. The Balaban J connectivity index is 1.50. The molecule has 2 aromatic rings. The van der Waals surface area contributed by atoms with Gasteiger partial charge in [0.15, 0.2) is 5.11 Å². The van der Waals surface area contributed by atoms with Crippen LogP contribution in [0.1, 0.15) is 45.1 Å². The second-order valence-electron chi connectivity index (χ2n) is 9.23. The fraction of sp³-hybridized carbons (Fsp3) is 0.542. The van der Waals surface area contributed by atoms with Crippen molar-refractivity contribution in [1.82, 2.24) is 15.3 Å². The Bertz CT molecular complexity index is 881. The van der Waals surface area contributed by atoms with E-state index in [9.17, 15) is 4.39 Å². The fourth-order valence-electron chi connectivity index (χ4n) is 4.53. The van der Waals surface area contributed by atoms with Crippen LogP contribution < -0.4 is 20.4 Å². The Morgan fingerprint density at radius 3 is 2.09 bits per heavy atom. The lowest BCUT2D eigenvalue weighted by atomic mass is 10.00. The minimum Gasteiger partial charge on any atom is -0.358 e. The van der Waals surface area contributed by atoms with Gasteiger partial charge in [0.25, 0.3) is 0 Å². The summed E-state index contributed by atoms with van der Waals surface area (Å²) < 4.78 is 13.1. The Morgan fingerprint density at radius 1 is 1.00 bits per heavy atom. The molecule has 1 aromatic heterocycles. The third-order valence-electron chi connectivity index (χ3n) is 6.25. The molecule has 8 heteroatoms. The molecule has 0 aliphatic carbocycles. The third kappa shape index (κ3) is 6.06. The second kappa shape index (κ2) is 10.4. The van der Waals surface area contributed by atoms with Gasteiger partial charge in [0.05, 0.1) is 0 Å². The van der Waals surface area contributed by atoms with E-state index >= 15 is 0 Å². The summed E-state index contributed by atoms with van der Waals surface area (Å²) in [6, 6.07) is 8.53. The zero-order chi connectivity index (χ0) is 22.5. The van der Waals surface area contributed by atoms with Crippen LogP contribution in [0.3, 0.4) is 0 Å². The van der Waals surface area contributed by atoms with Crippen molar-refractivity contribution in [2.45, 2.75) is 46.1 Å². The van der Waals surface area contributed by atoms with Crippen molar-refractivity contribution in [2.24, 2.45) is 11.8 Å². The number of benzene rings is 1. The van der Waals surface area contributed by atoms with Crippen LogP contribution in [0, 0.1) is 17.7 Å². The molecular formula is C24H33FN6S. The van der Waals surface area contributed by atoms with E-state index in [1.54, 1.807) is 12.1 Å². The molecule has 32 heavy (non-hydrogen) atoms. The molecule has 0 bridgehead atoms. The topological polar surface area (TPSA) is 56.3 Å². The molecule has 0 spiro atoms. The molecule has 2 atom stereocenters. The van der Waals surface area contributed by atoms with Crippen molar-refractivity contribution in [3.8, 4) is 0 Å². The first-order valence-corrected chi connectivity index (χ1v) is 12.1. The number of hydrogen-bond acceptors (Lipinski definition) is 5. The maximum atomic E-state index is 13.1. The zero-order valence-electron chi connectivity index (χ0n) is 19.0. The van der Waals surface area contributed by atoms with Gasteiger partial charge in [-0.1, -0.05) is 26.0 Å². The number of hydrogen-bond donors (Lipinski definition) is 2. The average Bonchev–Trinajstić information content (AvgIpc) is 2.78. The van der Waals surface area contributed by atoms with Crippen molar-refractivity contribution in [1.29, 1.82) is 0 Å².